The van der Waals surface area contributed by atoms with Crippen molar-refractivity contribution in [2.45, 2.75) is 13.5 Å². The van der Waals surface area contributed by atoms with Gasteiger partial charge in [0.25, 0.3) is 0 Å². The molecule has 0 radical (unpaired) electrons. The molecule has 0 aliphatic rings. The summed E-state index contributed by atoms with van der Waals surface area (Å²) in [5, 5.41) is 19.9. The van der Waals surface area contributed by atoms with Gasteiger partial charge in [0.15, 0.2) is 11.5 Å². The Morgan fingerprint density at radius 1 is 1.04 bits per heavy atom. The van der Waals surface area contributed by atoms with Gasteiger partial charge in [-0.05, 0) is 6.92 Å². The van der Waals surface area contributed by atoms with Crippen LogP contribution in [0.4, 0.5) is 30.8 Å². The average Bonchev–Trinajstić information content (AvgIpc) is 3.23. The number of halogens is 3. The summed E-state index contributed by atoms with van der Waals surface area (Å²) in [5.41, 5.74) is 0.958. The zero-order valence-corrected chi connectivity index (χ0v) is 13.9. The Kier molecular flexibility index (Phi) is 4.11. The number of H-pyrrole nitrogens is 2. The molecule has 1 aromatic carbocycles. The molecule has 3 heterocycles. The molecule has 11 heteroatoms. The lowest BCUT2D eigenvalue weighted by Gasteiger charge is -2.09. The lowest BCUT2D eigenvalue weighted by Crippen LogP contribution is -2.09. The predicted molar refractivity (Wildman–Crippen MR) is 91.9 cm³/mol. The second-order valence-corrected chi connectivity index (χ2v) is 5.79. The molecule has 4 rings (SSSR count). The van der Waals surface area contributed by atoms with E-state index in [9.17, 15) is 13.2 Å². The minimum atomic E-state index is -0.993. The van der Waals surface area contributed by atoms with Crippen LogP contribution in [-0.2, 0) is 6.54 Å². The smallest absolute Gasteiger partial charge is 0.227 e. The maximum atomic E-state index is 13.8. The molecule has 0 amide bonds. The molecule has 0 atom stereocenters. The number of anilines is 3. The van der Waals surface area contributed by atoms with Gasteiger partial charge < -0.3 is 10.6 Å². The molecule has 8 nitrogen and oxygen atoms in total. The van der Waals surface area contributed by atoms with Gasteiger partial charge in [0, 0.05) is 36.0 Å². The molecule has 0 aliphatic heterocycles. The minimum Gasteiger partial charge on any atom is -0.350 e. The van der Waals surface area contributed by atoms with Gasteiger partial charge in [-0.1, -0.05) is 0 Å². The Bertz CT molecular complexity index is 1100. The van der Waals surface area contributed by atoms with Crippen LogP contribution in [0, 0.1) is 24.4 Å². The molecule has 0 spiro atoms. The highest BCUT2D eigenvalue weighted by atomic mass is 19.1. The van der Waals surface area contributed by atoms with Crippen LogP contribution in [0.3, 0.4) is 0 Å². The van der Waals surface area contributed by atoms with E-state index in [0.29, 0.717) is 34.8 Å². The van der Waals surface area contributed by atoms with E-state index in [-0.39, 0.29) is 18.1 Å². The molecule has 4 N–H and O–H groups in total. The van der Waals surface area contributed by atoms with Crippen LogP contribution in [0.1, 0.15) is 11.3 Å². The fraction of sp³-hybridized carbons (Fsp3) is 0.125. The Labute approximate surface area is 150 Å². The van der Waals surface area contributed by atoms with E-state index in [4.69, 9.17) is 0 Å². The first kappa shape index (κ1) is 16.8. The van der Waals surface area contributed by atoms with Crippen LogP contribution >= 0.6 is 0 Å². The van der Waals surface area contributed by atoms with Crippen molar-refractivity contribution in [2.24, 2.45) is 0 Å². The first-order valence-electron chi connectivity index (χ1n) is 7.87. The van der Waals surface area contributed by atoms with E-state index in [1.54, 1.807) is 12.3 Å². The topological polar surface area (TPSA) is 107 Å². The Morgan fingerprint density at radius 3 is 2.52 bits per heavy atom. The van der Waals surface area contributed by atoms with Crippen molar-refractivity contribution in [2.75, 3.05) is 10.6 Å². The summed E-state index contributed by atoms with van der Waals surface area (Å²) in [6, 6.07) is 3.02. The van der Waals surface area contributed by atoms with Crippen LogP contribution in [0.5, 0.6) is 0 Å². The van der Waals surface area contributed by atoms with Crippen molar-refractivity contribution in [3.05, 3.63) is 53.1 Å². The van der Waals surface area contributed by atoms with Gasteiger partial charge in [0.05, 0.1) is 11.6 Å². The van der Waals surface area contributed by atoms with Crippen molar-refractivity contribution in [1.29, 1.82) is 0 Å². The third-order valence-corrected chi connectivity index (χ3v) is 3.79. The number of hydrogen-bond donors (Lipinski definition) is 4. The minimum absolute atomic E-state index is 0.102. The molecule has 3 aromatic heterocycles. The van der Waals surface area contributed by atoms with Crippen LogP contribution in [-0.4, -0.2) is 30.4 Å². The van der Waals surface area contributed by atoms with Crippen molar-refractivity contribution in [1.82, 2.24) is 30.4 Å². The van der Waals surface area contributed by atoms with Crippen molar-refractivity contribution in [3.8, 4) is 0 Å². The van der Waals surface area contributed by atoms with Gasteiger partial charge in [-0.2, -0.15) is 20.2 Å². The Morgan fingerprint density at radius 2 is 1.81 bits per heavy atom. The normalized spacial score (nSPS) is 11.1. The van der Waals surface area contributed by atoms with Gasteiger partial charge in [-0.15, -0.1) is 0 Å². The van der Waals surface area contributed by atoms with Crippen LogP contribution < -0.4 is 10.6 Å². The van der Waals surface area contributed by atoms with Gasteiger partial charge >= 0.3 is 0 Å². The number of aromatic amines is 2. The van der Waals surface area contributed by atoms with Crippen LogP contribution in [0.25, 0.3) is 11.0 Å². The third-order valence-electron chi connectivity index (χ3n) is 3.79. The summed E-state index contributed by atoms with van der Waals surface area (Å²) in [6.07, 6.45) is 1.54. The highest BCUT2D eigenvalue weighted by molar-refractivity contribution is 5.88. The van der Waals surface area contributed by atoms with E-state index >= 15 is 0 Å². The second kappa shape index (κ2) is 6.59. The number of nitrogens with zero attached hydrogens (tertiary/aromatic N) is 4. The lowest BCUT2D eigenvalue weighted by atomic mass is 10.2. The number of aryl methyl sites for hydroxylation is 1. The molecule has 0 unspecified atom stereocenters. The summed E-state index contributed by atoms with van der Waals surface area (Å²) in [7, 11) is 0. The third kappa shape index (κ3) is 3.38. The number of hydrogen-bond acceptors (Lipinski definition) is 6. The highest BCUT2D eigenvalue weighted by Gasteiger charge is 2.14. The first-order chi connectivity index (χ1) is 13.0. The average molecular weight is 374 g/mol. The molecule has 4 aromatic rings. The number of fused-ring (bicyclic) bond motifs is 1. The molecule has 0 saturated heterocycles. The summed E-state index contributed by atoms with van der Waals surface area (Å²) in [5.74, 6) is -1.92. The summed E-state index contributed by atoms with van der Waals surface area (Å²) in [4.78, 5) is 8.51. The van der Waals surface area contributed by atoms with Gasteiger partial charge in [0.1, 0.15) is 23.3 Å². The van der Waals surface area contributed by atoms with Crippen LogP contribution in [0.2, 0.25) is 0 Å². The van der Waals surface area contributed by atoms with Crippen molar-refractivity contribution in [3.63, 3.8) is 0 Å². The monoisotopic (exact) mass is 374 g/mol. The molecule has 0 aliphatic carbocycles. The maximum Gasteiger partial charge on any atom is 0.227 e. The molecule has 0 saturated carbocycles. The zero-order valence-electron chi connectivity index (χ0n) is 13.9. The summed E-state index contributed by atoms with van der Waals surface area (Å²) in [6.45, 7) is 1.59. The second-order valence-electron chi connectivity index (χ2n) is 5.79. The van der Waals surface area contributed by atoms with Gasteiger partial charge in [0.2, 0.25) is 5.95 Å². The molecule has 138 valence electrons. The Hall–Kier alpha value is -3.63. The molecular weight excluding hydrogens is 361 g/mol. The number of rotatable bonds is 5. The molecule has 27 heavy (non-hydrogen) atoms. The van der Waals surface area contributed by atoms with E-state index in [0.717, 1.165) is 5.69 Å². The van der Waals surface area contributed by atoms with Crippen molar-refractivity contribution >= 4 is 28.6 Å². The fourth-order valence-corrected chi connectivity index (χ4v) is 2.52. The molecule has 0 bridgehead atoms. The summed E-state index contributed by atoms with van der Waals surface area (Å²) < 4.78 is 40.6. The maximum absolute atomic E-state index is 13.8. The SMILES string of the molecule is Cc1cc(Nc2nc(NCc3c(F)cc(F)cc3F)nc3[nH]ncc23)n[nH]1. The zero-order chi connectivity index (χ0) is 19.0. The van der Waals surface area contributed by atoms with Gasteiger partial charge in [-0.25, -0.2) is 13.2 Å². The standard InChI is InChI=1S/C16H13F3N8/c1-7-2-13(26-25-7)22-14-10-6-21-27-15(10)24-16(23-14)20-5-9-11(18)3-8(17)4-12(9)19/h2-4,6H,5H2,1H3,(H4,20,21,22,23,24,25,26,27). The number of benzene rings is 1. The van der Waals surface area contributed by atoms with Crippen LogP contribution in [0.15, 0.2) is 24.4 Å². The molecular formula is C16H13F3N8. The van der Waals surface area contributed by atoms with Crippen molar-refractivity contribution < 1.29 is 13.2 Å². The number of nitrogens with one attached hydrogen (secondary N) is 4. The largest absolute Gasteiger partial charge is 0.350 e. The fourth-order valence-electron chi connectivity index (χ4n) is 2.52. The number of aromatic nitrogens is 6. The van der Waals surface area contributed by atoms with E-state index < -0.39 is 17.5 Å². The quantitative estimate of drug-likeness (QED) is 0.427. The lowest BCUT2D eigenvalue weighted by molar-refractivity contribution is 0.526. The van der Waals surface area contributed by atoms with E-state index in [1.165, 1.54) is 0 Å². The Balaban J connectivity index is 1.63. The van der Waals surface area contributed by atoms with E-state index in [1.807, 2.05) is 6.92 Å². The first-order valence-corrected chi connectivity index (χ1v) is 7.87. The highest BCUT2D eigenvalue weighted by Crippen LogP contribution is 2.24. The predicted octanol–water partition coefficient (Wildman–Crippen LogP) is 3.16. The summed E-state index contributed by atoms with van der Waals surface area (Å²) >= 11 is 0. The van der Waals surface area contributed by atoms with Gasteiger partial charge in [-0.3, -0.25) is 10.2 Å². The van der Waals surface area contributed by atoms with E-state index in [2.05, 4.69) is 41.0 Å². The molecule has 0 fully saturated rings.